The molecule has 4 nitrogen and oxygen atoms in total. The Morgan fingerprint density at radius 1 is 1.43 bits per heavy atom. The number of aryl methyl sites for hydroxylation is 1. The van der Waals surface area contributed by atoms with Crippen LogP contribution in [0.3, 0.4) is 0 Å². The van der Waals surface area contributed by atoms with Crippen LogP contribution in [-0.2, 0) is 6.54 Å². The van der Waals surface area contributed by atoms with Crippen LogP contribution in [0.4, 0.5) is 0 Å². The summed E-state index contributed by atoms with van der Waals surface area (Å²) in [7, 11) is 0. The van der Waals surface area contributed by atoms with Gasteiger partial charge in [-0.25, -0.2) is 0 Å². The highest BCUT2D eigenvalue weighted by Crippen LogP contribution is 2.16. The molecule has 0 saturated carbocycles. The van der Waals surface area contributed by atoms with E-state index >= 15 is 0 Å². The summed E-state index contributed by atoms with van der Waals surface area (Å²) in [6.45, 7) is 2.81. The fraction of sp³-hybridized carbons (Fsp3) is 0.222. The second-order valence-corrected chi connectivity index (χ2v) is 3.79. The van der Waals surface area contributed by atoms with Crippen molar-refractivity contribution in [1.29, 1.82) is 0 Å². The van der Waals surface area contributed by atoms with Gasteiger partial charge in [0.05, 0.1) is 15.5 Å². The summed E-state index contributed by atoms with van der Waals surface area (Å²) >= 11 is 1.48. The molecule has 0 spiro atoms. The first-order valence-corrected chi connectivity index (χ1v) is 5.13. The number of benzene rings is 1. The van der Waals surface area contributed by atoms with Crippen molar-refractivity contribution in [2.45, 2.75) is 13.5 Å². The molecule has 2 aromatic rings. The van der Waals surface area contributed by atoms with Crippen molar-refractivity contribution < 1.29 is 0 Å². The van der Waals surface area contributed by atoms with Crippen molar-refractivity contribution in [3.8, 4) is 0 Å². The van der Waals surface area contributed by atoms with Crippen LogP contribution in [0, 0.1) is 4.91 Å². The second-order valence-electron chi connectivity index (χ2n) is 2.78. The smallest absolute Gasteiger partial charge is 0.215 e. The van der Waals surface area contributed by atoms with Gasteiger partial charge in [0.2, 0.25) is 4.80 Å². The lowest BCUT2D eigenvalue weighted by atomic mass is 10.3. The van der Waals surface area contributed by atoms with E-state index in [0.717, 1.165) is 16.8 Å². The summed E-state index contributed by atoms with van der Waals surface area (Å²) in [4.78, 5) is 10.8. The van der Waals surface area contributed by atoms with Gasteiger partial charge in [0.1, 0.15) is 0 Å². The lowest BCUT2D eigenvalue weighted by molar-refractivity contribution is 0.755. The monoisotopic (exact) mass is 207 g/mol. The summed E-state index contributed by atoms with van der Waals surface area (Å²) in [5.41, 5.74) is 1.10. The van der Waals surface area contributed by atoms with Gasteiger partial charge in [-0.05, 0) is 19.1 Å². The number of hydrogen-bond acceptors (Lipinski definition) is 3. The van der Waals surface area contributed by atoms with Gasteiger partial charge in [-0.3, -0.25) is 0 Å². The molecule has 0 saturated heterocycles. The number of para-hydroxylation sites is 1. The van der Waals surface area contributed by atoms with Gasteiger partial charge in [-0.1, -0.05) is 28.6 Å². The Kier molecular flexibility index (Phi) is 2.41. The number of nitrogens with zero attached hydrogens (tertiary/aromatic N) is 3. The number of aromatic nitrogens is 1. The molecule has 0 N–H and O–H groups in total. The Morgan fingerprint density at radius 3 is 2.93 bits per heavy atom. The first-order valence-electron chi connectivity index (χ1n) is 4.31. The van der Waals surface area contributed by atoms with Crippen molar-refractivity contribution in [3.05, 3.63) is 34.0 Å². The third-order valence-electron chi connectivity index (χ3n) is 2.03. The van der Waals surface area contributed by atoms with Crippen LogP contribution in [0.15, 0.2) is 34.7 Å². The van der Waals surface area contributed by atoms with Crippen LogP contribution in [0.25, 0.3) is 10.2 Å². The number of nitroso groups, excluding NO2 is 1. The van der Waals surface area contributed by atoms with E-state index in [1.54, 1.807) is 0 Å². The standard InChI is InChI=1S/C9H9N3OS/c1-2-12-7-5-3-4-6-8(7)14-9(12)10-11-13/h3-6H,2H2,1H3/b10-9+. The zero-order valence-electron chi connectivity index (χ0n) is 7.67. The van der Waals surface area contributed by atoms with Crippen LogP contribution in [0.1, 0.15) is 6.92 Å². The van der Waals surface area contributed by atoms with E-state index < -0.39 is 0 Å². The maximum Gasteiger partial charge on any atom is 0.215 e. The first-order chi connectivity index (χ1) is 6.86. The molecule has 0 aliphatic rings. The van der Waals surface area contributed by atoms with Gasteiger partial charge in [-0.15, -0.1) is 4.91 Å². The summed E-state index contributed by atoms with van der Waals surface area (Å²) in [5.74, 6) is 0. The van der Waals surface area contributed by atoms with Crippen LogP contribution in [0.5, 0.6) is 0 Å². The minimum Gasteiger partial charge on any atom is -0.315 e. The summed E-state index contributed by atoms with van der Waals surface area (Å²) in [6, 6.07) is 7.96. The normalized spacial score (nSPS) is 12.2. The van der Waals surface area contributed by atoms with Crippen LogP contribution >= 0.6 is 11.3 Å². The third kappa shape index (κ3) is 1.35. The van der Waals surface area contributed by atoms with Gasteiger partial charge in [-0.2, -0.15) is 0 Å². The molecule has 14 heavy (non-hydrogen) atoms. The largest absolute Gasteiger partial charge is 0.315 e. The van der Waals surface area contributed by atoms with Crippen molar-refractivity contribution in [2.75, 3.05) is 0 Å². The molecule has 1 aromatic carbocycles. The topological polar surface area (TPSA) is 46.7 Å². The second kappa shape index (κ2) is 3.71. The lowest BCUT2D eigenvalue weighted by Gasteiger charge is -1.97. The van der Waals surface area contributed by atoms with Crippen molar-refractivity contribution in [2.24, 2.45) is 10.4 Å². The SMILES string of the molecule is CCn1/c(=N\N=O)sc2ccccc21. The molecule has 0 radical (unpaired) electrons. The predicted octanol–water partition coefficient (Wildman–Crippen LogP) is 2.30. The fourth-order valence-electron chi connectivity index (χ4n) is 1.44. The summed E-state index contributed by atoms with van der Waals surface area (Å²) < 4.78 is 3.10. The molecule has 2 rings (SSSR count). The zero-order chi connectivity index (χ0) is 9.97. The predicted molar refractivity (Wildman–Crippen MR) is 56.8 cm³/mol. The molecular formula is C9H9N3OS. The molecule has 5 heteroatoms. The van der Waals surface area contributed by atoms with E-state index in [2.05, 4.69) is 10.4 Å². The molecule has 1 aromatic heterocycles. The van der Waals surface area contributed by atoms with Crippen molar-refractivity contribution >= 4 is 21.6 Å². The zero-order valence-corrected chi connectivity index (χ0v) is 8.49. The summed E-state index contributed by atoms with van der Waals surface area (Å²) in [6.07, 6.45) is 0. The Labute approximate surface area is 84.5 Å². The molecule has 0 bridgehead atoms. The van der Waals surface area contributed by atoms with E-state index in [9.17, 15) is 4.91 Å². The van der Waals surface area contributed by atoms with Gasteiger partial charge in [0.15, 0.2) is 0 Å². The van der Waals surface area contributed by atoms with Crippen molar-refractivity contribution in [3.63, 3.8) is 0 Å². The maximum absolute atomic E-state index is 10.1. The van der Waals surface area contributed by atoms with E-state index in [-0.39, 0.29) is 0 Å². The Balaban J connectivity index is 2.85. The summed E-state index contributed by atoms with van der Waals surface area (Å²) in [5, 5.41) is 6.14. The molecule has 72 valence electrons. The number of thiazole rings is 1. The van der Waals surface area contributed by atoms with E-state index in [4.69, 9.17) is 0 Å². The first kappa shape index (κ1) is 9.08. The average Bonchev–Trinajstić information content (AvgIpc) is 2.55. The van der Waals surface area contributed by atoms with Gasteiger partial charge < -0.3 is 4.57 Å². The minimum atomic E-state index is 0.656. The van der Waals surface area contributed by atoms with Crippen molar-refractivity contribution in [1.82, 2.24) is 4.57 Å². The maximum atomic E-state index is 10.1. The highest BCUT2D eigenvalue weighted by atomic mass is 32.1. The number of hydrogen-bond donors (Lipinski definition) is 0. The molecule has 0 fully saturated rings. The molecule has 0 atom stereocenters. The highest BCUT2D eigenvalue weighted by Gasteiger charge is 2.02. The molecule has 1 heterocycles. The lowest BCUT2D eigenvalue weighted by Crippen LogP contribution is -2.12. The fourth-order valence-corrected chi connectivity index (χ4v) is 2.48. The van der Waals surface area contributed by atoms with E-state index in [0.29, 0.717) is 4.80 Å². The van der Waals surface area contributed by atoms with Gasteiger partial charge >= 0.3 is 0 Å². The number of rotatable bonds is 2. The molecular weight excluding hydrogens is 198 g/mol. The highest BCUT2D eigenvalue weighted by molar-refractivity contribution is 7.16. The Hall–Kier alpha value is -1.49. The third-order valence-corrected chi connectivity index (χ3v) is 3.08. The van der Waals surface area contributed by atoms with E-state index in [1.807, 2.05) is 35.8 Å². The quantitative estimate of drug-likeness (QED) is 0.550. The van der Waals surface area contributed by atoms with Crippen LogP contribution < -0.4 is 4.80 Å². The van der Waals surface area contributed by atoms with E-state index in [1.165, 1.54) is 11.3 Å². The molecule has 0 unspecified atom stereocenters. The Bertz CT molecular complexity index is 526. The number of fused-ring (bicyclic) bond motifs is 1. The average molecular weight is 207 g/mol. The van der Waals surface area contributed by atoms with Gasteiger partial charge in [0, 0.05) is 6.54 Å². The molecule has 0 aliphatic carbocycles. The Morgan fingerprint density at radius 2 is 2.21 bits per heavy atom. The van der Waals surface area contributed by atoms with Gasteiger partial charge in [0.25, 0.3) is 0 Å². The molecule has 0 amide bonds. The minimum absolute atomic E-state index is 0.656. The molecule has 0 aliphatic heterocycles. The van der Waals surface area contributed by atoms with Crippen LogP contribution in [0.2, 0.25) is 0 Å². The van der Waals surface area contributed by atoms with Crippen LogP contribution in [-0.4, -0.2) is 4.57 Å².